The summed E-state index contributed by atoms with van der Waals surface area (Å²) in [6.45, 7) is 3.49. The van der Waals surface area contributed by atoms with Crippen LogP contribution in [0.2, 0.25) is 5.02 Å². The van der Waals surface area contributed by atoms with Gasteiger partial charge in [-0.2, -0.15) is 5.10 Å². The molecular formula is C22H23ClN4O2. The predicted octanol–water partition coefficient (Wildman–Crippen LogP) is 4.06. The highest BCUT2D eigenvalue weighted by Crippen LogP contribution is 2.26. The van der Waals surface area contributed by atoms with Gasteiger partial charge in [0.15, 0.2) is 5.82 Å². The van der Waals surface area contributed by atoms with Crippen molar-refractivity contribution in [2.45, 2.75) is 19.4 Å². The standard InChI is InChI=1S/C22H23ClN4O2/c1-14-11-18(29-2)7-8-19(14)22(28)24-17-9-10-27(13-17)21-12-20(25-26-21)15-3-5-16(23)6-4-15/h3-8,11-12,17H,9-10,13H2,1-2H3,(H,24,28)(H,25,26)/t17-/m0/s1. The maximum absolute atomic E-state index is 12.7. The van der Waals surface area contributed by atoms with E-state index in [0.717, 1.165) is 47.9 Å². The molecule has 2 N–H and O–H groups in total. The number of carbonyl (C=O) groups excluding carboxylic acids is 1. The maximum atomic E-state index is 12.7. The highest BCUT2D eigenvalue weighted by Gasteiger charge is 2.26. The zero-order chi connectivity index (χ0) is 20.4. The zero-order valence-corrected chi connectivity index (χ0v) is 17.2. The number of benzene rings is 2. The minimum absolute atomic E-state index is 0.0547. The quantitative estimate of drug-likeness (QED) is 0.665. The van der Waals surface area contributed by atoms with E-state index in [1.807, 2.05) is 55.5 Å². The van der Waals surface area contributed by atoms with Crippen molar-refractivity contribution < 1.29 is 9.53 Å². The van der Waals surface area contributed by atoms with E-state index in [9.17, 15) is 4.79 Å². The molecule has 2 heterocycles. The van der Waals surface area contributed by atoms with Crippen molar-refractivity contribution in [3.05, 3.63) is 64.7 Å². The lowest BCUT2D eigenvalue weighted by Gasteiger charge is -2.16. The minimum Gasteiger partial charge on any atom is -0.497 e. The summed E-state index contributed by atoms with van der Waals surface area (Å²) >= 11 is 5.96. The van der Waals surface area contributed by atoms with Crippen LogP contribution in [-0.2, 0) is 0 Å². The highest BCUT2D eigenvalue weighted by molar-refractivity contribution is 6.30. The van der Waals surface area contributed by atoms with E-state index in [1.165, 1.54) is 0 Å². The molecule has 0 radical (unpaired) electrons. The van der Waals surface area contributed by atoms with E-state index in [1.54, 1.807) is 7.11 Å². The molecule has 3 aromatic rings. The Morgan fingerprint density at radius 3 is 2.76 bits per heavy atom. The van der Waals surface area contributed by atoms with Gasteiger partial charge in [-0.3, -0.25) is 9.89 Å². The number of rotatable bonds is 5. The van der Waals surface area contributed by atoms with Crippen LogP contribution in [0.1, 0.15) is 22.3 Å². The summed E-state index contributed by atoms with van der Waals surface area (Å²) in [5.74, 6) is 1.58. The van der Waals surface area contributed by atoms with E-state index >= 15 is 0 Å². The second kappa shape index (κ2) is 8.17. The Bertz CT molecular complexity index is 1020. The smallest absolute Gasteiger partial charge is 0.251 e. The first-order chi connectivity index (χ1) is 14.0. The van der Waals surface area contributed by atoms with Gasteiger partial charge in [0, 0.05) is 35.8 Å². The molecule has 1 aliphatic heterocycles. The number of H-pyrrole nitrogens is 1. The molecule has 0 unspecified atom stereocenters. The van der Waals surface area contributed by atoms with Gasteiger partial charge in [-0.1, -0.05) is 23.7 Å². The lowest BCUT2D eigenvalue weighted by molar-refractivity contribution is 0.0939. The number of methoxy groups -OCH3 is 1. The molecule has 1 amide bonds. The van der Waals surface area contributed by atoms with Crippen molar-refractivity contribution in [1.82, 2.24) is 15.5 Å². The van der Waals surface area contributed by atoms with E-state index in [4.69, 9.17) is 16.3 Å². The molecule has 6 nitrogen and oxygen atoms in total. The van der Waals surface area contributed by atoms with Gasteiger partial charge in [-0.15, -0.1) is 0 Å². The largest absolute Gasteiger partial charge is 0.497 e. The molecule has 4 rings (SSSR count). The zero-order valence-electron chi connectivity index (χ0n) is 16.4. The molecule has 1 aromatic heterocycles. The van der Waals surface area contributed by atoms with Crippen LogP contribution in [0.5, 0.6) is 5.75 Å². The molecule has 7 heteroatoms. The van der Waals surface area contributed by atoms with Gasteiger partial charge >= 0.3 is 0 Å². The van der Waals surface area contributed by atoms with Gasteiger partial charge in [0.25, 0.3) is 5.91 Å². The summed E-state index contributed by atoms with van der Waals surface area (Å²) in [5.41, 5.74) is 3.55. The Kier molecular flexibility index (Phi) is 5.45. The number of hydrogen-bond donors (Lipinski definition) is 2. The number of aromatic nitrogens is 2. The summed E-state index contributed by atoms with van der Waals surface area (Å²) in [6.07, 6.45) is 0.879. The molecule has 0 spiro atoms. The third kappa shape index (κ3) is 4.22. The number of anilines is 1. The van der Waals surface area contributed by atoms with Crippen molar-refractivity contribution >= 4 is 23.3 Å². The molecule has 29 heavy (non-hydrogen) atoms. The van der Waals surface area contributed by atoms with Gasteiger partial charge in [-0.25, -0.2) is 0 Å². The van der Waals surface area contributed by atoms with Crippen LogP contribution >= 0.6 is 11.6 Å². The molecule has 1 fully saturated rings. The van der Waals surface area contributed by atoms with Crippen LogP contribution in [0.25, 0.3) is 11.3 Å². The van der Waals surface area contributed by atoms with E-state index in [-0.39, 0.29) is 11.9 Å². The van der Waals surface area contributed by atoms with Crippen LogP contribution in [0.3, 0.4) is 0 Å². The first kappa shape index (κ1) is 19.3. The normalized spacial score (nSPS) is 16.1. The Morgan fingerprint density at radius 2 is 2.03 bits per heavy atom. The number of nitrogens with zero attached hydrogens (tertiary/aromatic N) is 2. The SMILES string of the molecule is COc1ccc(C(=O)N[C@H]2CCN(c3cc(-c4ccc(Cl)cc4)[nH]n3)C2)c(C)c1. The Hall–Kier alpha value is -2.99. The fourth-order valence-electron chi connectivity index (χ4n) is 3.62. The van der Waals surface area contributed by atoms with Gasteiger partial charge in [0.05, 0.1) is 12.8 Å². The summed E-state index contributed by atoms with van der Waals surface area (Å²) < 4.78 is 5.21. The van der Waals surface area contributed by atoms with Crippen molar-refractivity contribution in [2.24, 2.45) is 0 Å². The van der Waals surface area contributed by atoms with Crippen LogP contribution in [0.15, 0.2) is 48.5 Å². The molecule has 2 aromatic carbocycles. The second-order valence-electron chi connectivity index (χ2n) is 7.23. The Labute approximate surface area is 174 Å². The van der Waals surface area contributed by atoms with Gasteiger partial charge in [-0.05, 0) is 54.8 Å². The summed E-state index contributed by atoms with van der Waals surface area (Å²) in [7, 11) is 1.62. The van der Waals surface area contributed by atoms with Crippen molar-refractivity contribution in [1.29, 1.82) is 0 Å². The number of nitrogens with one attached hydrogen (secondary N) is 2. The summed E-state index contributed by atoms with van der Waals surface area (Å²) in [5, 5.41) is 11.4. The molecular weight excluding hydrogens is 388 g/mol. The Morgan fingerprint density at radius 1 is 1.24 bits per heavy atom. The molecule has 1 saturated heterocycles. The van der Waals surface area contributed by atoms with Crippen LogP contribution < -0.4 is 15.0 Å². The van der Waals surface area contributed by atoms with Gasteiger partial charge in [0.1, 0.15) is 5.75 Å². The lowest BCUT2D eigenvalue weighted by Crippen LogP contribution is -2.37. The molecule has 0 bridgehead atoms. The number of aromatic amines is 1. The van der Waals surface area contributed by atoms with Gasteiger partial charge in [0.2, 0.25) is 0 Å². The van der Waals surface area contributed by atoms with Crippen molar-refractivity contribution in [2.75, 3.05) is 25.1 Å². The van der Waals surface area contributed by atoms with Crippen molar-refractivity contribution in [3.8, 4) is 17.0 Å². The topological polar surface area (TPSA) is 70.2 Å². The second-order valence-corrected chi connectivity index (χ2v) is 7.67. The number of halogens is 1. The number of ether oxygens (including phenoxy) is 1. The van der Waals surface area contributed by atoms with E-state index < -0.39 is 0 Å². The average molecular weight is 411 g/mol. The number of amides is 1. The fourth-order valence-corrected chi connectivity index (χ4v) is 3.74. The number of aryl methyl sites for hydroxylation is 1. The third-order valence-corrected chi connectivity index (χ3v) is 5.50. The average Bonchev–Trinajstić information content (AvgIpc) is 3.38. The van der Waals surface area contributed by atoms with E-state index in [2.05, 4.69) is 20.4 Å². The third-order valence-electron chi connectivity index (χ3n) is 5.25. The maximum Gasteiger partial charge on any atom is 0.251 e. The number of hydrogen-bond acceptors (Lipinski definition) is 4. The van der Waals surface area contributed by atoms with Crippen LogP contribution in [-0.4, -0.2) is 42.3 Å². The van der Waals surface area contributed by atoms with E-state index in [0.29, 0.717) is 10.6 Å². The lowest BCUT2D eigenvalue weighted by atomic mass is 10.1. The monoisotopic (exact) mass is 410 g/mol. The van der Waals surface area contributed by atoms with Crippen LogP contribution in [0, 0.1) is 6.92 Å². The van der Waals surface area contributed by atoms with Crippen molar-refractivity contribution in [3.63, 3.8) is 0 Å². The Balaban J connectivity index is 1.39. The molecule has 1 aliphatic rings. The summed E-state index contributed by atoms with van der Waals surface area (Å²) in [4.78, 5) is 14.9. The molecule has 0 saturated carbocycles. The highest BCUT2D eigenvalue weighted by atomic mass is 35.5. The minimum atomic E-state index is -0.0547. The first-order valence-electron chi connectivity index (χ1n) is 9.55. The molecule has 150 valence electrons. The van der Waals surface area contributed by atoms with Gasteiger partial charge < -0.3 is 15.0 Å². The molecule has 1 atom stereocenters. The number of carbonyl (C=O) groups is 1. The first-order valence-corrected chi connectivity index (χ1v) is 9.93. The molecule has 0 aliphatic carbocycles. The predicted molar refractivity (Wildman–Crippen MR) is 115 cm³/mol. The summed E-state index contributed by atoms with van der Waals surface area (Å²) in [6, 6.07) is 15.2. The van der Waals surface area contributed by atoms with Crippen LogP contribution in [0.4, 0.5) is 5.82 Å². The fraction of sp³-hybridized carbons (Fsp3) is 0.273.